The zero-order valence-corrected chi connectivity index (χ0v) is 16.8. The summed E-state index contributed by atoms with van der Waals surface area (Å²) in [6.45, 7) is 2.93. The highest BCUT2D eigenvalue weighted by atomic mass is 35.5. The highest BCUT2D eigenvalue weighted by Crippen LogP contribution is 2.25. The lowest BCUT2D eigenvalue weighted by atomic mass is 10.2. The minimum Gasteiger partial charge on any atom is -0.434 e. The molecule has 0 aliphatic carbocycles. The summed E-state index contributed by atoms with van der Waals surface area (Å²) in [5.41, 5.74) is 0.504. The molecule has 0 amide bonds. The van der Waals surface area contributed by atoms with Crippen LogP contribution in [0.3, 0.4) is 0 Å². The van der Waals surface area contributed by atoms with E-state index in [1.165, 1.54) is 12.1 Å². The van der Waals surface area contributed by atoms with Gasteiger partial charge in [0, 0.05) is 55.7 Å². The van der Waals surface area contributed by atoms with Crippen molar-refractivity contribution in [3.05, 3.63) is 47.2 Å². The molecule has 1 fully saturated rings. The van der Waals surface area contributed by atoms with E-state index in [0.717, 1.165) is 26.2 Å². The first-order valence-electron chi connectivity index (χ1n) is 9.35. The van der Waals surface area contributed by atoms with Crippen molar-refractivity contribution in [3.8, 4) is 5.75 Å². The Morgan fingerprint density at radius 2 is 1.97 bits per heavy atom. The van der Waals surface area contributed by atoms with Crippen LogP contribution in [0.2, 0.25) is 5.02 Å². The van der Waals surface area contributed by atoms with Crippen LogP contribution in [0.15, 0.2) is 41.7 Å². The van der Waals surface area contributed by atoms with Gasteiger partial charge in [0.2, 0.25) is 5.95 Å². The summed E-state index contributed by atoms with van der Waals surface area (Å²) in [5, 5.41) is 3.70. The topological polar surface area (TPSA) is 65.9 Å². The molecule has 2 aromatic rings. The summed E-state index contributed by atoms with van der Waals surface area (Å²) in [6.07, 6.45) is 3.45. The molecule has 2 heterocycles. The zero-order valence-electron chi connectivity index (χ0n) is 16.1. The van der Waals surface area contributed by atoms with E-state index in [1.807, 2.05) is 6.92 Å². The van der Waals surface area contributed by atoms with Crippen LogP contribution in [-0.2, 0) is 6.54 Å². The molecule has 156 valence electrons. The fourth-order valence-corrected chi connectivity index (χ4v) is 3.24. The van der Waals surface area contributed by atoms with Crippen molar-refractivity contribution >= 4 is 23.5 Å². The number of aliphatic imine (C=N–C) groups is 1. The Labute approximate surface area is 173 Å². The van der Waals surface area contributed by atoms with Crippen LogP contribution in [0, 0.1) is 0 Å². The lowest BCUT2D eigenvalue weighted by molar-refractivity contribution is -0.0504. The van der Waals surface area contributed by atoms with E-state index >= 15 is 0 Å². The van der Waals surface area contributed by atoms with Crippen LogP contribution in [0.5, 0.6) is 5.75 Å². The van der Waals surface area contributed by atoms with E-state index in [2.05, 4.69) is 34.8 Å². The third-order valence-electron chi connectivity index (χ3n) is 4.39. The number of benzene rings is 1. The van der Waals surface area contributed by atoms with Gasteiger partial charge in [-0.2, -0.15) is 8.78 Å². The molecule has 1 N–H and O–H groups in total. The second kappa shape index (κ2) is 10.2. The first kappa shape index (κ1) is 21.0. The lowest BCUT2D eigenvalue weighted by Gasteiger charge is -2.36. The summed E-state index contributed by atoms with van der Waals surface area (Å²) >= 11 is 6.02. The van der Waals surface area contributed by atoms with Gasteiger partial charge in [-0.1, -0.05) is 11.6 Å². The third kappa shape index (κ3) is 5.90. The van der Waals surface area contributed by atoms with Crippen molar-refractivity contribution in [1.29, 1.82) is 0 Å². The number of guanidine groups is 1. The Balaban J connectivity index is 1.69. The maximum atomic E-state index is 12.7. The molecule has 0 bridgehead atoms. The number of nitrogens with one attached hydrogen (secondary N) is 1. The number of rotatable bonds is 6. The Morgan fingerprint density at radius 3 is 2.62 bits per heavy atom. The summed E-state index contributed by atoms with van der Waals surface area (Å²) in [7, 11) is 0. The molecule has 1 aromatic heterocycles. The molecule has 3 rings (SSSR count). The number of anilines is 1. The predicted molar refractivity (Wildman–Crippen MR) is 109 cm³/mol. The number of hydrogen-bond acceptors (Lipinski definition) is 5. The molecule has 1 aromatic carbocycles. The van der Waals surface area contributed by atoms with Crippen LogP contribution in [0.25, 0.3) is 0 Å². The molecule has 10 heteroatoms. The largest absolute Gasteiger partial charge is 0.434 e. The van der Waals surface area contributed by atoms with Gasteiger partial charge in [-0.15, -0.1) is 0 Å². The molecule has 7 nitrogen and oxygen atoms in total. The van der Waals surface area contributed by atoms with Gasteiger partial charge >= 0.3 is 6.61 Å². The monoisotopic (exact) mass is 424 g/mol. The van der Waals surface area contributed by atoms with Gasteiger partial charge in [-0.25, -0.2) is 15.0 Å². The van der Waals surface area contributed by atoms with Crippen molar-refractivity contribution in [2.75, 3.05) is 37.6 Å². The summed E-state index contributed by atoms with van der Waals surface area (Å²) in [6, 6.07) is 6.34. The summed E-state index contributed by atoms with van der Waals surface area (Å²) < 4.78 is 29.9. The van der Waals surface area contributed by atoms with Crippen molar-refractivity contribution < 1.29 is 13.5 Å². The van der Waals surface area contributed by atoms with Gasteiger partial charge in [0.15, 0.2) is 5.96 Å². The minimum absolute atomic E-state index is 0.0787. The zero-order chi connectivity index (χ0) is 20.6. The number of aromatic nitrogens is 2. The van der Waals surface area contributed by atoms with Crippen LogP contribution >= 0.6 is 11.6 Å². The molecule has 29 heavy (non-hydrogen) atoms. The number of ether oxygens (including phenoxy) is 1. The molecule has 0 radical (unpaired) electrons. The number of nitrogens with zero attached hydrogens (tertiary/aromatic N) is 5. The molecule has 0 saturated carbocycles. The van der Waals surface area contributed by atoms with Crippen molar-refractivity contribution in [2.45, 2.75) is 20.1 Å². The van der Waals surface area contributed by atoms with E-state index < -0.39 is 6.61 Å². The van der Waals surface area contributed by atoms with E-state index in [1.54, 1.807) is 24.5 Å². The number of piperazine rings is 1. The molecule has 1 aliphatic rings. The number of hydrogen-bond donors (Lipinski definition) is 1. The normalized spacial score (nSPS) is 15.0. The van der Waals surface area contributed by atoms with Crippen LogP contribution in [0.4, 0.5) is 14.7 Å². The van der Waals surface area contributed by atoms with Gasteiger partial charge in [0.05, 0.1) is 6.54 Å². The van der Waals surface area contributed by atoms with Crippen LogP contribution in [0.1, 0.15) is 12.5 Å². The second-order valence-corrected chi connectivity index (χ2v) is 6.76. The van der Waals surface area contributed by atoms with Crippen LogP contribution in [-0.4, -0.2) is 60.2 Å². The third-order valence-corrected chi connectivity index (χ3v) is 4.62. The number of halogens is 3. The fourth-order valence-electron chi connectivity index (χ4n) is 3.04. The van der Waals surface area contributed by atoms with Gasteiger partial charge in [0.25, 0.3) is 0 Å². The second-order valence-electron chi connectivity index (χ2n) is 6.32. The maximum Gasteiger partial charge on any atom is 0.387 e. The minimum atomic E-state index is -2.90. The highest BCUT2D eigenvalue weighted by molar-refractivity contribution is 6.30. The Hall–Kier alpha value is -2.68. The molecule has 0 spiro atoms. The molecule has 0 atom stereocenters. The Kier molecular flexibility index (Phi) is 7.40. The molecule has 1 saturated heterocycles. The van der Waals surface area contributed by atoms with Crippen molar-refractivity contribution in [1.82, 2.24) is 20.2 Å². The van der Waals surface area contributed by atoms with Crippen molar-refractivity contribution in [2.24, 2.45) is 4.99 Å². The van der Waals surface area contributed by atoms with E-state index in [9.17, 15) is 8.78 Å². The first-order valence-corrected chi connectivity index (χ1v) is 9.73. The van der Waals surface area contributed by atoms with Gasteiger partial charge in [-0.3, -0.25) is 0 Å². The molecule has 0 unspecified atom stereocenters. The molecular weight excluding hydrogens is 402 g/mol. The lowest BCUT2D eigenvalue weighted by Crippen LogP contribution is -2.53. The SMILES string of the molecule is CCNC(=NCc1cc(Cl)ccc1OC(F)F)N1CCN(c2ncccn2)CC1. The summed E-state index contributed by atoms with van der Waals surface area (Å²) in [4.78, 5) is 17.4. The maximum absolute atomic E-state index is 12.7. The van der Waals surface area contributed by atoms with E-state index in [-0.39, 0.29) is 12.3 Å². The van der Waals surface area contributed by atoms with E-state index in [0.29, 0.717) is 29.0 Å². The van der Waals surface area contributed by atoms with Gasteiger partial charge in [0.1, 0.15) is 5.75 Å². The summed E-state index contributed by atoms with van der Waals surface area (Å²) in [5.74, 6) is 1.50. The molecular formula is C19H23ClF2N6O. The van der Waals surface area contributed by atoms with Gasteiger partial charge < -0.3 is 19.9 Å². The standard InChI is InChI=1S/C19H23ClF2N6O/c1-2-23-18(26-13-14-12-15(20)4-5-16(14)29-17(21)22)27-8-10-28(11-9-27)19-24-6-3-7-25-19/h3-7,12,17H,2,8-11,13H2,1H3,(H,23,26). The quantitative estimate of drug-likeness (QED) is 0.568. The van der Waals surface area contributed by atoms with Crippen LogP contribution < -0.4 is 15.0 Å². The predicted octanol–water partition coefficient (Wildman–Crippen LogP) is 3.02. The fraction of sp³-hybridized carbons (Fsp3) is 0.421. The Bertz CT molecular complexity index is 816. The molecule has 1 aliphatic heterocycles. The number of alkyl halides is 2. The average Bonchev–Trinajstić information content (AvgIpc) is 2.73. The first-order chi connectivity index (χ1) is 14.1. The van der Waals surface area contributed by atoms with E-state index in [4.69, 9.17) is 11.6 Å². The van der Waals surface area contributed by atoms with Crippen molar-refractivity contribution in [3.63, 3.8) is 0 Å². The Morgan fingerprint density at radius 1 is 1.24 bits per heavy atom. The smallest absolute Gasteiger partial charge is 0.387 e. The highest BCUT2D eigenvalue weighted by Gasteiger charge is 2.21. The average molecular weight is 425 g/mol. The van der Waals surface area contributed by atoms with Gasteiger partial charge in [-0.05, 0) is 31.2 Å².